The highest BCUT2D eigenvalue weighted by molar-refractivity contribution is 7.89. The van der Waals surface area contributed by atoms with Gasteiger partial charge in [0.1, 0.15) is 17.3 Å². The van der Waals surface area contributed by atoms with Crippen LogP contribution >= 0.6 is 0 Å². The van der Waals surface area contributed by atoms with Crippen LogP contribution in [0.2, 0.25) is 0 Å². The number of pyridine rings is 1. The van der Waals surface area contributed by atoms with Crippen LogP contribution in [0, 0.1) is 0 Å². The lowest BCUT2D eigenvalue weighted by atomic mass is 10.1. The molecular formula is C22H27N7O5S. The maximum absolute atomic E-state index is 13.2. The van der Waals surface area contributed by atoms with Crippen LogP contribution in [0.5, 0.6) is 5.75 Å². The third kappa shape index (κ3) is 4.49. The van der Waals surface area contributed by atoms with Gasteiger partial charge in [-0.2, -0.15) is 4.31 Å². The number of nitrogens with zero attached hydrogens (tertiary/aromatic N) is 6. The molecule has 3 heterocycles. The molecule has 186 valence electrons. The highest BCUT2D eigenvalue weighted by Crippen LogP contribution is 2.39. The van der Waals surface area contributed by atoms with Gasteiger partial charge in [0.15, 0.2) is 0 Å². The minimum absolute atomic E-state index is 0.0662. The summed E-state index contributed by atoms with van der Waals surface area (Å²) in [4.78, 5) is 17.7. The van der Waals surface area contributed by atoms with Crippen molar-refractivity contribution in [3.05, 3.63) is 41.5 Å². The van der Waals surface area contributed by atoms with Crippen molar-refractivity contribution < 1.29 is 23.1 Å². The number of sulfonamides is 1. The lowest BCUT2D eigenvalue weighted by Crippen LogP contribution is -2.41. The number of fused-ring (bicyclic) bond motifs is 1. The second kappa shape index (κ2) is 8.98. The van der Waals surface area contributed by atoms with Gasteiger partial charge in [-0.1, -0.05) is 6.07 Å². The predicted octanol–water partition coefficient (Wildman–Crippen LogP) is 1.85. The minimum atomic E-state index is -3.77. The number of benzene rings is 1. The van der Waals surface area contributed by atoms with Gasteiger partial charge in [-0.25, -0.2) is 18.1 Å². The molecule has 4 rings (SSSR count). The van der Waals surface area contributed by atoms with Crippen LogP contribution in [0.1, 0.15) is 49.7 Å². The Bertz CT molecular complexity index is 1380. The van der Waals surface area contributed by atoms with Crippen LogP contribution in [0.15, 0.2) is 35.2 Å². The standard InChI is InChI=1S/C22H27N7O5S/c1-13(12-30)29-20(25-26-27-29)16-7-6-8-19(23-16)24-21(31)15-10-18-14(9-17(15)34-5)11-28(22(2,3)4)35(18,32)33/h6-10,13,30H,11-12H2,1-5H3,(H,23,24,31)/t13-/m1/s1. The second-order valence-electron chi connectivity index (χ2n) is 9.18. The third-order valence-electron chi connectivity index (χ3n) is 5.65. The van der Waals surface area contributed by atoms with Crippen molar-refractivity contribution in [3.8, 4) is 17.3 Å². The van der Waals surface area contributed by atoms with Crippen LogP contribution in [0.3, 0.4) is 0 Å². The molecule has 1 aromatic carbocycles. The molecule has 0 radical (unpaired) electrons. The Labute approximate surface area is 203 Å². The number of rotatable bonds is 6. The van der Waals surface area contributed by atoms with Gasteiger partial charge in [-0.15, -0.1) is 5.10 Å². The van der Waals surface area contributed by atoms with Gasteiger partial charge in [-0.05, 0) is 68.0 Å². The quantitative estimate of drug-likeness (QED) is 0.515. The number of tetrazole rings is 1. The van der Waals surface area contributed by atoms with E-state index in [1.165, 1.54) is 22.2 Å². The van der Waals surface area contributed by atoms with E-state index >= 15 is 0 Å². The molecule has 0 aliphatic carbocycles. The van der Waals surface area contributed by atoms with Gasteiger partial charge in [-0.3, -0.25) is 4.79 Å². The molecule has 1 amide bonds. The van der Waals surface area contributed by atoms with Crippen LogP contribution in [0.4, 0.5) is 5.82 Å². The topological polar surface area (TPSA) is 152 Å². The summed E-state index contributed by atoms with van der Waals surface area (Å²) in [5, 5.41) is 23.6. The smallest absolute Gasteiger partial charge is 0.260 e. The summed E-state index contributed by atoms with van der Waals surface area (Å²) in [6, 6.07) is 7.49. The van der Waals surface area contributed by atoms with Crippen molar-refractivity contribution in [2.45, 2.75) is 50.7 Å². The number of hydrogen-bond acceptors (Lipinski definition) is 9. The average Bonchev–Trinajstić information content (AvgIpc) is 3.40. The Morgan fingerprint density at radius 3 is 2.69 bits per heavy atom. The monoisotopic (exact) mass is 501 g/mol. The van der Waals surface area contributed by atoms with Crippen molar-refractivity contribution >= 4 is 21.7 Å². The van der Waals surface area contributed by atoms with E-state index in [1.54, 1.807) is 31.2 Å². The maximum Gasteiger partial charge on any atom is 0.260 e. The number of aromatic nitrogens is 5. The van der Waals surface area contributed by atoms with Gasteiger partial charge >= 0.3 is 0 Å². The molecule has 3 aromatic rings. The summed E-state index contributed by atoms with van der Waals surface area (Å²) in [5.41, 5.74) is 0.396. The number of anilines is 1. The van der Waals surface area contributed by atoms with Crippen molar-refractivity contribution in [2.75, 3.05) is 19.0 Å². The normalized spacial score (nSPS) is 16.1. The molecule has 0 unspecified atom stereocenters. The van der Waals surface area contributed by atoms with Crippen LogP contribution in [0.25, 0.3) is 11.5 Å². The molecule has 0 bridgehead atoms. The number of methoxy groups -OCH3 is 1. The van der Waals surface area contributed by atoms with E-state index in [0.29, 0.717) is 17.1 Å². The summed E-state index contributed by atoms with van der Waals surface area (Å²) in [6.45, 7) is 7.24. The highest BCUT2D eigenvalue weighted by atomic mass is 32.2. The Kier molecular flexibility index (Phi) is 6.34. The number of aliphatic hydroxyl groups is 1. The molecule has 13 heteroatoms. The highest BCUT2D eigenvalue weighted by Gasteiger charge is 2.42. The largest absolute Gasteiger partial charge is 0.496 e. The zero-order chi connectivity index (χ0) is 25.5. The summed E-state index contributed by atoms with van der Waals surface area (Å²) in [5.74, 6) is 0.206. The first-order chi connectivity index (χ1) is 16.5. The zero-order valence-electron chi connectivity index (χ0n) is 20.1. The molecule has 0 saturated carbocycles. The van der Waals surface area contributed by atoms with Gasteiger partial charge in [0, 0.05) is 12.1 Å². The van der Waals surface area contributed by atoms with Gasteiger partial charge < -0.3 is 15.2 Å². The fourth-order valence-electron chi connectivity index (χ4n) is 3.82. The van der Waals surface area contributed by atoms with Crippen LogP contribution in [-0.4, -0.2) is 68.2 Å². The summed E-state index contributed by atoms with van der Waals surface area (Å²) < 4.78 is 34.5. The summed E-state index contributed by atoms with van der Waals surface area (Å²) >= 11 is 0. The molecule has 0 saturated heterocycles. The van der Waals surface area contributed by atoms with Crippen molar-refractivity contribution in [1.82, 2.24) is 29.5 Å². The van der Waals surface area contributed by atoms with Crippen molar-refractivity contribution in [2.24, 2.45) is 0 Å². The molecule has 0 fully saturated rings. The van der Waals surface area contributed by atoms with E-state index in [9.17, 15) is 18.3 Å². The van der Waals surface area contributed by atoms with E-state index < -0.39 is 21.5 Å². The number of ether oxygens (including phenoxy) is 1. The second-order valence-corrected chi connectivity index (χ2v) is 11.0. The molecule has 12 nitrogen and oxygen atoms in total. The van der Waals surface area contributed by atoms with E-state index in [4.69, 9.17) is 4.74 Å². The fourth-order valence-corrected chi connectivity index (χ4v) is 5.81. The fraction of sp³-hybridized carbons (Fsp3) is 0.409. The molecule has 1 atom stereocenters. The minimum Gasteiger partial charge on any atom is -0.496 e. The molecule has 2 N–H and O–H groups in total. The molecular weight excluding hydrogens is 474 g/mol. The van der Waals surface area contributed by atoms with Crippen molar-refractivity contribution in [1.29, 1.82) is 0 Å². The van der Waals surface area contributed by atoms with Gasteiger partial charge in [0.05, 0.1) is 30.2 Å². The lowest BCUT2D eigenvalue weighted by Gasteiger charge is -2.29. The average molecular weight is 502 g/mol. The number of hydrogen-bond donors (Lipinski definition) is 2. The maximum atomic E-state index is 13.2. The molecule has 2 aromatic heterocycles. The summed E-state index contributed by atoms with van der Waals surface area (Å²) in [6.07, 6.45) is 0. The molecule has 1 aliphatic heterocycles. The SMILES string of the molecule is COc1cc2c(cc1C(=O)Nc1cccc(-c3nnnn3[C@H](C)CO)n1)S(=O)(=O)N(C(C)(C)C)C2. The van der Waals surface area contributed by atoms with Crippen LogP contribution in [-0.2, 0) is 16.6 Å². The number of nitrogens with one attached hydrogen (secondary N) is 1. The van der Waals surface area contributed by atoms with Crippen molar-refractivity contribution in [3.63, 3.8) is 0 Å². The molecule has 0 spiro atoms. The Morgan fingerprint density at radius 1 is 1.29 bits per heavy atom. The van der Waals surface area contributed by atoms with E-state index in [-0.39, 0.29) is 41.2 Å². The predicted molar refractivity (Wildman–Crippen MR) is 126 cm³/mol. The summed E-state index contributed by atoms with van der Waals surface area (Å²) in [7, 11) is -2.35. The molecule has 1 aliphatic rings. The first-order valence-corrected chi connectivity index (χ1v) is 12.3. The number of carbonyl (C=O) groups is 1. The number of amides is 1. The van der Waals surface area contributed by atoms with Crippen LogP contribution < -0.4 is 10.1 Å². The number of carbonyl (C=O) groups excluding carboxylic acids is 1. The van der Waals surface area contributed by atoms with E-state index in [0.717, 1.165) is 0 Å². The lowest BCUT2D eigenvalue weighted by molar-refractivity contribution is 0.102. The first-order valence-electron chi connectivity index (χ1n) is 10.9. The molecule has 35 heavy (non-hydrogen) atoms. The van der Waals surface area contributed by atoms with Gasteiger partial charge in [0.25, 0.3) is 5.91 Å². The first kappa shape index (κ1) is 24.7. The van der Waals surface area contributed by atoms with E-state index in [1.807, 2.05) is 20.8 Å². The van der Waals surface area contributed by atoms with Gasteiger partial charge in [0.2, 0.25) is 15.8 Å². The number of aliphatic hydroxyl groups excluding tert-OH is 1. The third-order valence-corrected chi connectivity index (χ3v) is 7.84. The van der Waals surface area contributed by atoms with E-state index in [2.05, 4.69) is 25.8 Å². The zero-order valence-corrected chi connectivity index (χ0v) is 20.9. The Balaban J connectivity index is 1.66. The Morgan fingerprint density at radius 2 is 2.03 bits per heavy atom. The Hall–Kier alpha value is -3.42.